The van der Waals surface area contributed by atoms with Crippen molar-refractivity contribution in [2.45, 2.75) is 71.1 Å². The van der Waals surface area contributed by atoms with Gasteiger partial charge in [0.05, 0.1) is 0 Å². The fraction of sp³-hybridized carbons (Fsp3) is 0.750. The molecule has 116 valence electrons. The number of aliphatic carboxylic acids is 1. The SMILES string of the molecule is CCCCCC/C=C\CCCC(=O)NCCCC(=O)O. The Bertz CT molecular complexity index is 287. The molecule has 0 heterocycles. The van der Waals surface area contributed by atoms with Crippen LogP contribution in [0.5, 0.6) is 0 Å². The Hall–Kier alpha value is -1.32. The van der Waals surface area contributed by atoms with Gasteiger partial charge in [-0.25, -0.2) is 0 Å². The van der Waals surface area contributed by atoms with Gasteiger partial charge in [-0.15, -0.1) is 0 Å². The molecule has 0 bridgehead atoms. The van der Waals surface area contributed by atoms with E-state index in [0.29, 0.717) is 19.4 Å². The molecule has 0 atom stereocenters. The summed E-state index contributed by atoms with van der Waals surface area (Å²) in [4.78, 5) is 21.7. The second-order valence-electron chi connectivity index (χ2n) is 5.06. The molecule has 0 rings (SSSR count). The van der Waals surface area contributed by atoms with Crippen molar-refractivity contribution in [3.05, 3.63) is 12.2 Å². The molecule has 0 aliphatic rings. The molecule has 0 fully saturated rings. The Morgan fingerprint density at radius 1 is 0.950 bits per heavy atom. The lowest BCUT2D eigenvalue weighted by Crippen LogP contribution is -2.24. The smallest absolute Gasteiger partial charge is 0.303 e. The third-order valence-corrected chi connectivity index (χ3v) is 3.06. The summed E-state index contributed by atoms with van der Waals surface area (Å²) in [6, 6.07) is 0. The van der Waals surface area contributed by atoms with Gasteiger partial charge in [-0.2, -0.15) is 0 Å². The molecular formula is C16H29NO3. The Kier molecular flexibility index (Phi) is 13.2. The van der Waals surface area contributed by atoms with Crippen LogP contribution >= 0.6 is 0 Å². The van der Waals surface area contributed by atoms with Crippen molar-refractivity contribution < 1.29 is 14.7 Å². The Morgan fingerprint density at radius 2 is 1.65 bits per heavy atom. The molecule has 0 spiro atoms. The molecule has 0 radical (unpaired) electrons. The van der Waals surface area contributed by atoms with Crippen LogP contribution in [0.25, 0.3) is 0 Å². The monoisotopic (exact) mass is 283 g/mol. The second kappa shape index (κ2) is 14.1. The van der Waals surface area contributed by atoms with Gasteiger partial charge in [-0.05, 0) is 32.1 Å². The van der Waals surface area contributed by atoms with E-state index in [2.05, 4.69) is 24.4 Å². The molecule has 0 saturated heterocycles. The summed E-state index contributed by atoms with van der Waals surface area (Å²) in [5.74, 6) is -0.796. The summed E-state index contributed by atoms with van der Waals surface area (Å²) in [7, 11) is 0. The zero-order chi connectivity index (χ0) is 15.1. The fourth-order valence-electron chi connectivity index (χ4n) is 1.86. The third kappa shape index (κ3) is 14.7. The van der Waals surface area contributed by atoms with Crippen molar-refractivity contribution in [2.24, 2.45) is 0 Å². The van der Waals surface area contributed by atoms with Gasteiger partial charge in [0.2, 0.25) is 5.91 Å². The van der Waals surface area contributed by atoms with E-state index in [0.717, 1.165) is 19.3 Å². The first kappa shape index (κ1) is 18.7. The minimum absolute atomic E-state index is 0.0201. The number of unbranched alkanes of at least 4 members (excludes halogenated alkanes) is 5. The highest BCUT2D eigenvalue weighted by Crippen LogP contribution is 2.04. The molecule has 0 unspecified atom stereocenters. The molecule has 0 aliphatic carbocycles. The number of carboxylic acids is 1. The summed E-state index contributed by atoms with van der Waals surface area (Å²) in [6.45, 7) is 2.67. The second-order valence-corrected chi connectivity index (χ2v) is 5.06. The van der Waals surface area contributed by atoms with Crippen LogP contribution in [0.15, 0.2) is 12.2 Å². The molecule has 0 aromatic rings. The minimum atomic E-state index is -0.816. The van der Waals surface area contributed by atoms with Crippen molar-refractivity contribution in [2.75, 3.05) is 6.54 Å². The predicted octanol–water partition coefficient (Wildman–Crippen LogP) is 3.66. The lowest BCUT2D eigenvalue weighted by molar-refractivity contribution is -0.137. The van der Waals surface area contributed by atoms with Gasteiger partial charge in [-0.3, -0.25) is 9.59 Å². The maximum Gasteiger partial charge on any atom is 0.303 e. The molecule has 0 saturated carbocycles. The summed E-state index contributed by atoms with van der Waals surface area (Å²) in [6.07, 6.45) is 13.6. The first-order chi connectivity index (χ1) is 9.66. The molecule has 4 nitrogen and oxygen atoms in total. The third-order valence-electron chi connectivity index (χ3n) is 3.06. The number of carbonyl (C=O) groups excluding carboxylic acids is 1. The van der Waals surface area contributed by atoms with Crippen LogP contribution in [0.4, 0.5) is 0 Å². The van der Waals surface area contributed by atoms with Gasteiger partial charge in [0, 0.05) is 19.4 Å². The number of rotatable bonds is 13. The number of carboxylic acid groups (broad SMARTS) is 1. The lowest BCUT2D eigenvalue weighted by atomic mass is 10.1. The van der Waals surface area contributed by atoms with Crippen LogP contribution in [0, 0.1) is 0 Å². The Morgan fingerprint density at radius 3 is 2.30 bits per heavy atom. The van der Waals surface area contributed by atoms with Gasteiger partial charge in [0.1, 0.15) is 0 Å². The fourth-order valence-corrected chi connectivity index (χ4v) is 1.86. The van der Waals surface area contributed by atoms with Gasteiger partial charge in [0.15, 0.2) is 0 Å². The zero-order valence-corrected chi connectivity index (χ0v) is 12.7. The number of hydrogen-bond donors (Lipinski definition) is 2. The minimum Gasteiger partial charge on any atom is -0.481 e. The van der Waals surface area contributed by atoms with Crippen LogP contribution in [-0.4, -0.2) is 23.5 Å². The topological polar surface area (TPSA) is 66.4 Å². The zero-order valence-electron chi connectivity index (χ0n) is 12.7. The number of hydrogen-bond acceptors (Lipinski definition) is 2. The van der Waals surface area contributed by atoms with E-state index < -0.39 is 5.97 Å². The van der Waals surface area contributed by atoms with Crippen molar-refractivity contribution >= 4 is 11.9 Å². The summed E-state index contributed by atoms with van der Waals surface area (Å²) >= 11 is 0. The average Bonchev–Trinajstić information content (AvgIpc) is 2.41. The number of amides is 1. The number of allylic oxidation sites excluding steroid dienone is 2. The average molecular weight is 283 g/mol. The quantitative estimate of drug-likeness (QED) is 0.400. The first-order valence-corrected chi connectivity index (χ1v) is 7.80. The van der Waals surface area contributed by atoms with Crippen LogP contribution in [0.1, 0.15) is 71.1 Å². The van der Waals surface area contributed by atoms with Crippen LogP contribution in [0.2, 0.25) is 0 Å². The predicted molar refractivity (Wildman–Crippen MR) is 81.6 cm³/mol. The number of carbonyl (C=O) groups is 2. The molecule has 20 heavy (non-hydrogen) atoms. The van der Waals surface area contributed by atoms with E-state index in [1.54, 1.807) is 0 Å². The maximum absolute atomic E-state index is 11.4. The highest BCUT2D eigenvalue weighted by molar-refractivity contribution is 5.75. The highest BCUT2D eigenvalue weighted by atomic mass is 16.4. The van der Waals surface area contributed by atoms with E-state index in [1.807, 2.05) is 0 Å². The van der Waals surface area contributed by atoms with Gasteiger partial charge in [0.25, 0.3) is 0 Å². The van der Waals surface area contributed by atoms with Crippen molar-refractivity contribution in [1.29, 1.82) is 0 Å². The van der Waals surface area contributed by atoms with E-state index in [-0.39, 0.29) is 12.3 Å². The molecule has 0 aromatic carbocycles. The van der Waals surface area contributed by atoms with Crippen molar-refractivity contribution in [1.82, 2.24) is 5.32 Å². The lowest BCUT2D eigenvalue weighted by Gasteiger charge is -2.02. The van der Waals surface area contributed by atoms with Gasteiger partial charge in [-0.1, -0.05) is 38.3 Å². The molecule has 2 N–H and O–H groups in total. The Balaban J connectivity index is 3.30. The van der Waals surface area contributed by atoms with Crippen molar-refractivity contribution in [3.63, 3.8) is 0 Å². The van der Waals surface area contributed by atoms with Crippen LogP contribution in [0.3, 0.4) is 0 Å². The van der Waals surface area contributed by atoms with E-state index >= 15 is 0 Å². The van der Waals surface area contributed by atoms with Gasteiger partial charge < -0.3 is 10.4 Å². The standard InChI is InChI=1S/C16H29NO3/c1-2-3-4-5-6-7-8-9-10-12-15(18)17-14-11-13-16(19)20/h7-8H,2-6,9-14H2,1H3,(H,17,18)(H,19,20)/b8-7-. The van der Waals surface area contributed by atoms with E-state index in [4.69, 9.17) is 5.11 Å². The summed E-state index contributed by atoms with van der Waals surface area (Å²) < 4.78 is 0. The van der Waals surface area contributed by atoms with Crippen molar-refractivity contribution in [3.8, 4) is 0 Å². The molecule has 1 amide bonds. The summed E-state index contributed by atoms with van der Waals surface area (Å²) in [5.41, 5.74) is 0. The van der Waals surface area contributed by atoms with Crippen LogP contribution in [-0.2, 0) is 9.59 Å². The Labute approximate surface area is 122 Å². The largest absolute Gasteiger partial charge is 0.481 e. The van der Waals surface area contributed by atoms with Crippen LogP contribution < -0.4 is 5.32 Å². The van der Waals surface area contributed by atoms with E-state index in [9.17, 15) is 9.59 Å². The molecular weight excluding hydrogens is 254 g/mol. The molecule has 0 aliphatic heterocycles. The molecule has 4 heteroatoms. The van der Waals surface area contributed by atoms with Gasteiger partial charge >= 0.3 is 5.97 Å². The first-order valence-electron chi connectivity index (χ1n) is 7.80. The normalized spacial score (nSPS) is 10.8. The maximum atomic E-state index is 11.4. The number of nitrogens with one attached hydrogen (secondary N) is 1. The summed E-state index contributed by atoms with van der Waals surface area (Å²) in [5, 5.41) is 11.2. The van der Waals surface area contributed by atoms with E-state index in [1.165, 1.54) is 25.7 Å². The molecule has 0 aromatic heterocycles. The highest BCUT2D eigenvalue weighted by Gasteiger charge is 2.00.